The van der Waals surface area contributed by atoms with Crippen molar-refractivity contribution in [2.45, 2.75) is 33.4 Å². The van der Waals surface area contributed by atoms with E-state index in [1.807, 2.05) is 54.6 Å². The van der Waals surface area contributed by atoms with E-state index in [2.05, 4.69) is 23.6 Å². The molecule has 0 saturated carbocycles. The number of halogens is 1. The summed E-state index contributed by atoms with van der Waals surface area (Å²) in [5, 5.41) is 1.73. The van der Waals surface area contributed by atoms with Gasteiger partial charge in [-0.15, -0.1) is 0 Å². The van der Waals surface area contributed by atoms with Crippen molar-refractivity contribution >= 4 is 45.9 Å². The molecule has 0 saturated heterocycles. The number of carbonyl (C=O) groups excluding carboxylic acids is 1. The molecule has 2 aliphatic heterocycles. The second kappa shape index (κ2) is 11.2. The van der Waals surface area contributed by atoms with Crippen LogP contribution < -0.4 is 24.4 Å². The number of thiazole rings is 1. The van der Waals surface area contributed by atoms with Gasteiger partial charge in [-0.05, 0) is 62.2 Å². The molecule has 5 aromatic rings. The molecule has 0 amide bonds. The Kier molecular flexibility index (Phi) is 7.14. The van der Waals surface area contributed by atoms with E-state index in [4.69, 9.17) is 30.8 Å². The average Bonchev–Trinajstić information content (AvgIpc) is 3.68. The first-order valence-electron chi connectivity index (χ1n) is 14.3. The van der Waals surface area contributed by atoms with Gasteiger partial charge in [0.15, 0.2) is 16.3 Å². The van der Waals surface area contributed by atoms with Crippen molar-refractivity contribution in [1.29, 1.82) is 0 Å². The molecule has 0 N–H and O–H groups in total. The van der Waals surface area contributed by atoms with E-state index in [-0.39, 0.29) is 19.0 Å². The zero-order valence-corrected chi connectivity index (χ0v) is 25.9. The lowest BCUT2D eigenvalue weighted by Gasteiger charge is -2.24. The van der Waals surface area contributed by atoms with E-state index in [9.17, 15) is 9.59 Å². The second-order valence-electron chi connectivity index (χ2n) is 10.6. The highest BCUT2D eigenvalue weighted by Crippen LogP contribution is 2.38. The van der Waals surface area contributed by atoms with Crippen molar-refractivity contribution in [2.75, 3.05) is 13.4 Å². The molecule has 44 heavy (non-hydrogen) atoms. The molecule has 4 heterocycles. The smallest absolute Gasteiger partial charge is 0.338 e. The number of fused-ring (bicyclic) bond motifs is 3. The van der Waals surface area contributed by atoms with Gasteiger partial charge in [-0.1, -0.05) is 65.4 Å². The first-order chi connectivity index (χ1) is 21.4. The molecule has 0 radical (unpaired) electrons. The normalized spacial score (nSPS) is 15.9. The van der Waals surface area contributed by atoms with E-state index in [0.29, 0.717) is 49.2 Å². The molecular weight excluding hydrogens is 598 g/mol. The number of hydrogen-bond donors (Lipinski definition) is 0. The van der Waals surface area contributed by atoms with Gasteiger partial charge in [0.25, 0.3) is 5.56 Å². The van der Waals surface area contributed by atoms with E-state index in [1.165, 1.54) is 11.3 Å². The Balaban J connectivity index is 1.42. The van der Waals surface area contributed by atoms with Crippen LogP contribution in [0, 0.1) is 6.92 Å². The summed E-state index contributed by atoms with van der Waals surface area (Å²) in [5.41, 5.74) is 5.28. The summed E-state index contributed by atoms with van der Waals surface area (Å²) in [6.45, 7) is 6.49. The lowest BCUT2D eigenvalue weighted by Crippen LogP contribution is -2.39. The van der Waals surface area contributed by atoms with Gasteiger partial charge >= 0.3 is 5.97 Å². The maximum Gasteiger partial charge on any atom is 0.338 e. The number of ether oxygens (including phenoxy) is 3. The summed E-state index contributed by atoms with van der Waals surface area (Å²) in [5.74, 6) is 0.664. The Morgan fingerprint density at radius 1 is 1.09 bits per heavy atom. The second-order valence-corrected chi connectivity index (χ2v) is 12.0. The summed E-state index contributed by atoms with van der Waals surface area (Å²) in [4.78, 5) is 32.8. The molecule has 7 rings (SSSR count). The molecule has 0 aliphatic carbocycles. The third kappa shape index (κ3) is 4.63. The van der Waals surface area contributed by atoms with Gasteiger partial charge in [0, 0.05) is 33.7 Å². The van der Waals surface area contributed by atoms with Gasteiger partial charge in [0.2, 0.25) is 6.79 Å². The number of rotatable bonds is 6. The highest BCUT2D eigenvalue weighted by atomic mass is 35.5. The lowest BCUT2D eigenvalue weighted by molar-refractivity contribution is -0.139. The van der Waals surface area contributed by atoms with Crippen LogP contribution >= 0.6 is 22.9 Å². The van der Waals surface area contributed by atoms with Crippen molar-refractivity contribution in [3.63, 3.8) is 0 Å². The highest BCUT2D eigenvalue weighted by molar-refractivity contribution is 7.07. The third-order valence-electron chi connectivity index (χ3n) is 8.07. The Hall–Kier alpha value is -4.60. The minimum atomic E-state index is -0.746. The predicted molar refractivity (Wildman–Crippen MR) is 170 cm³/mol. The van der Waals surface area contributed by atoms with Gasteiger partial charge in [-0.3, -0.25) is 9.36 Å². The maximum absolute atomic E-state index is 14.3. The fourth-order valence-corrected chi connectivity index (χ4v) is 7.19. The molecule has 2 aromatic heterocycles. The number of carbonyl (C=O) groups is 1. The molecular formula is C34H28ClN3O5S. The standard InChI is InChI=1S/C34H28ClN3O5S/c1-4-41-33(40)30-19(2)36-34-38(31(30)21-13-14-27-28(15-21)43-18-42-27)32(39)29(44-34)16-24-20(3)37(26-12-8-6-10-23(24)26)17-22-9-5-7-11-25(22)35/h5-16,31H,4,17-18H2,1-3H3/b29-16-/t31-/m0/s1. The van der Waals surface area contributed by atoms with Crippen LogP contribution in [-0.4, -0.2) is 28.5 Å². The van der Waals surface area contributed by atoms with Crippen LogP contribution in [0.15, 0.2) is 87.8 Å². The number of benzene rings is 3. The van der Waals surface area contributed by atoms with Crippen LogP contribution in [0.2, 0.25) is 5.02 Å². The zero-order valence-electron chi connectivity index (χ0n) is 24.3. The molecule has 1 atom stereocenters. The fourth-order valence-electron chi connectivity index (χ4n) is 5.96. The first-order valence-corrected chi connectivity index (χ1v) is 15.5. The molecule has 3 aromatic carbocycles. The molecule has 0 spiro atoms. The molecule has 10 heteroatoms. The predicted octanol–water partition coefficient (Wildman–Crippen LogP) is 5.49. The minimum absolute atomic E-state index is 0.116. The van der Waals surface area contributed by atoms with E-state index in [1.54, 1.807) is 24.5 Å². The zero-order chi connectivity index (χ0) is 30.5. The summed E-state index contributed by atoms with van der Waals surface area (Å²) >= 11 is 7.83. The fraction of sp³-hybridized carbons (Fsp3) is 0.206. The Morgan fingerprint density at radius 3 is 2.68 bits per heavy atom. The quantitative estimate of drug-likeness (QED) is 0.233. The summed E-state index contributed by atoms with van der Waals surface area (Å²) < 4.78 is 20.9. The minimum Gasteiger partial charge on any atom is -0.463 e. The SMILES string of the molecule is CCOC(=O)C1=C(C)N=c2s/c(=C\c3c(C)n(Cc4ccccc4Cl)c4ccccc34)c(=O)n2[C@H]1c1ccc2c(c1)OCO2. The Morgan fingerprint density at radius 2 is 1.86 bits per heavy atom. The molecule has 0 fully saturated rings. The van der Waals surface area contributed by atoms with E-state index < -0.39 is 12.0 Å². The van der Waals surface area contributed by atoms with Gasteiger partial charge < -0.3 is 18.8 Å². The van der Waals surface area contributed by atoms with Crippen molar-refractivity contribution in [1.82, 2.24) is 9.13 Å². The van der Waals surface area contributed by atoms with Crippen LogP contribution in [0.25, 0.3) is 17.0 Å². The number of aromatic nitrogens is 2. The number of allylic oxidation sites excluding steroid dienone is 1. The van der Waals surface area contributed by atoms with Gasteiger partial charge in [0.05, 0.1) is 28.5 Å². The van der Waals surface area contributed by atoms with Crippen LogP contribution in [-0.2, 0) is 16.1 Å². The van der Waals surface area contributed by atoms with Crippen molar-refractivity contribution in [3.8, 4) is 11.5 Å². The first kappa shape index (κ1) is 28.2. The topological polar surface area (TPSA) is 84.1 Å². The average molecular weight is 626 g/mol. The molecule has 0 bridgehead atoms. The number of para-hydroxylation sites is 1. The summed E-state index contributed by atoms with van der Waals surface area (Å²) in [6.07, 6.45) is 1.94. The van der Waals surface area contributed by atoms with Crippen LogP contribution in [0.3, 0.4) is 0 Å². The molecule has 2 aliphatic rings. The van der Waals surface area contributed by atoms with Gasteiger partial charge in [0.1, 0.15) is 0 Å². The van der Waals surface area contributed by atoms with Crippen molar-refractivity contribution in [2.24, 2.45) is 4.99 Å². The highest BCUT2D eigenvalue weighted by Gasteiger charge is 2.34. The van der Waals surface area contributed by atoms with Crippen molar-refractivity contribution < 1.29 is 19.0 Å². The van der Waals surface area contributed by atoms with Crippen LogP contribution in [0.5, 0.6) is 11.5 Å². The number of nitrogens with zero attached hydrogens (tertiary/aromatic N) is 3. The monoisotopic (exact) mass is 625 g/mol. The Bertz CT molecular complexity index is 2190. The van der Waals surface area contributed by atoms with E-state index in [0.717, 1.165) is 27.7 Å². The lowest BCUT2D eigenvalue weighted by atomic mass is 9.95. The Labute approximate surface area is 261 Å². The van der Waals surface area contributed by atoms with Gasteiger partial charge in [-0.25, -0.2) is 9.79 Å². The van der Waals surface area contributed by atoms with E-state index >= 15 is 0 Å². The van der Waals surface area contributed by atoms with Crippen molar-refractivity contribution in [3.05, 3.63) is 125 Å². The molecule has 222 valence electrons. The van der Waals surface area contributed by atoms with Crippen LogP contribution in [0.4, 0.5) is 0 Å². The summed E-state index contributed by atoms with van der Waals surface area (Å²) in [7, 11) is 0. The number of esters is 1. The molecule has 0 unspecified atom stereocenters. The largest absolute Gasteiger partial charge is 0.463 e. The third-order valence-corrected chi connectivity index (χ3v) is 9.42. The summed E-state index contributed by atoms with van der Waals surface area (Å²) in [6, 6.07) is 20.7. The van der Waals surface area contributed by atoms with Gasteiger partial charge in [-0.2, -0.15) is 0 Å². The number of hydrogen-bond acceptors (Lipinski definition) is 7. The molecule has 8 nitrogen and oxygen atoms in total. The van der Waals surface area contributed by atoms with Crippen LogP contribution in [0.1, 0.15) is 42.3 Å². The maximum atomic E-state index is 14.3.